The zero-order chi connectivity index (χ0) is 47.3. The second-order valence-electron chi connectivity index (χ2n) is 18.5. The van der Waals surface area contributed by atoms with Crippen molar-refractivity contribution < 1.29 is 42.2 Å². The fourth-order valence-corrected chi connectivity index (χ4v) is 11.4. The second kappa shape index (κ2) is 18.7. The molecule has 0 spiro atoms. The van der Waals surface area contributed by atoms with Crippen LogP contribution in [0.2, 0.25) is 0 Å². The van der Waals surface area contributed by atoms with E-state index in [-0.39, 0.29) is 40.8 Å². The number of likely N-dealkylation sites (tertiary alicyclic amines) is 2. The summed E-state index contributed by atoms with van der Waals surface area (Å²) in [6.07, 6.45) is 5.23. The summed E-state index contributed by atoms with van der Waals surface area (Å²) in [5.74, 6) is -3.90. The number of pyridine rings is 1. The van der Waals surface area contributed by atoms with Crippen LogP contribution < -0.4 is 30.6 Å². The third-order valence-electron chi connectivity index (χ3n) is 14.2. The molecule has 5 aliphatic rings. The van der Waals surface area contributed by atoms with Gasteiger partial charge < -0.3 is 29.2 Å². The van der Waals surface area contributed by atoms with Gasteiger partial charge in [-0.2, -0.15) is 0 Å². The molecule has 0 radical (unpaired) electrons. The van der Waals surface area contributed by atoms with E-state index in [9.17, 15) is 37.5 Å². The van der Waals surface area contributed by atoms with Crippen LogP contribution >= 0.6 is 11.3 Å². The first-order chi connectivity index (χ1) is 32.1. The van der Waals surface area contributed by atoms with Crippen molar-refractivity contribution in [1.29, 1.82) is 0 Å². The van der Waals surface area contributed by atoms with Crippen LogP contribution in [0.1, 0.15) is 74.5 Å². The number of amides is 5. The number of piperazine rings is 1. The Labute approximate surface area is 390 Å². The van der Waals surface area contributed by atoms with Crippen LogP contribution in [0.25, 0.3) is 21.2 Å². The van der Waals surface area contributed by atoms with E-state index in [2.05, 4.69) is 25.3 Å². The highest BCUT2D eigenvalue weighted by Gasteiger charge is 2.46. The smallest absolute Gasteiger partial charge is 0.280 e. The molecular weight excluding hydrogens is 887 g/mol. The number of rotatable bonds is 12. The van der Waals surface area contributed by atoms with E-state index in [0.29, 0.717) is 46.2 Å². The number of aryl methyl sites for hydroxylation is 1. The number of halogens is 2. The van der Waals surface area contributed by atoms with Crippen LogP contribution in [0, 0.1) is 5.92 Å². The van der Waals surface area contributed by atoms with E-state index < -0.39 is 54.1 Å². The van der Waals surface area contributed by atoms with Gasteiger partial charge in [-0.05, 0) is 107 Å². The first-order valence-corrected chi connectivity index (χ1v) is 23.7. The second-order valence-corrected chi connectivity index (χ2v) is 19.6. The van der Waals surface area contributed by atoms with Gasteiger partial charge >= 0.3 is 0 Å². The number of nitrogens with one attached hydrogen (secondary N) is 2. The van der Waals surface area contributed by atoms with E-state index >= 15 is 0 Å². The zero-order valence-corrected chi connectivity index (χ0v) is 39.0. The molecule has 5 aliphatic heterocycles. The maximum absolute atomic E-state index is 14.8. The molecule has 2 aromatic carbocycles. The van der Waals surface area contributed by atoms with Crippen LogP contribution in [0.15, 0.2) is 47.4 Å². The topological polar surface area (TPSA) is 166 Å². The van der Waals surface area contributed by atoms with Crippen molar-refractivity contribution >= 4 is 56.6 Å². The van der Waals surface area contributed by atoms with Crippen molar-refractivity contribution in [3.8, 4) is 22.6 Å². The quantitative estimate of drug-likeness (QED) is 0.195. The van der Waals surface area contributed by atoms with Crippen molar-refractivity contribution in [3.63, 3.8) is 0 Å². The number of fused-ring (bicyclic) bond motifs is 2. The van der Waals surface area contributed by atoms with Crippen molar-refractivity contribution in [2.75, 3.05) is 85.1 Å². The van der Waals surface area contributed by atoms with Crippen LogP contribution in [0.4, 0.5) is 14.5 Å². The summed E-state index contributed by atoms with van der Waals surface area (Å²) < 4.78 is 43.6. The van der Waals surface area contributed by atoms with Crippen molar-refractivity contribution in [2.24, 2.45) is 13.0 Å². The number of methoxy groups -OCH3 is 2. The summed E-state index contributed by atoms with van der Waals surface area (Å²) in [5, 5.41) is 5.11. The van der Waals surface area contributed by atoms with Gasteiger partial charge in [-0.1, -0.05) is 0 Å². The lowest BCUT2D eigenvalue weighted by Gasteiger charge is -2.38. The van der Waals surface area contributed by atoms with Crippen LogP contribution in [0.5, 0.6) is 11.5 Å². The number of benzene rings is 2. The van der Waals surface area contributed by atoms with Crippen molar-refractivity contribution in [2.45, 2.75) is 63.1 Å². The SMILES string of the molecule is COc1cc(-c2cn(C)c(=O)c3cc(C(=O)NC4CCN(C)CC4(F)F)sc23)cc(OC)c1CN1CCC(CCN2CCN(c3ccc4c(c3)C(=O)N(C3CCC(=O)NC3=O)C4=O)CC2)CC1. The molecule has 0 saturated carbocycles. The first-order valence-electron chi connectivity index (χ1n) is 22.9. The highest BCUT2D eigenvalue weighted by Crippen LogP contribution is 2.41. The number of anilines is 1. The predicted octanol–water partition coefficient (Wildman–Crippen LogP) is 4.18. The fraction of sp³-hybridized carbons (Fsp3) is 0.500. The number of hydrogen-bond donors (Lipinski definition) is 2. The molecule has 19 heteroatoms. The minimum atomic E-state index is -3.08. The van der Waals surface area contributed by atoms with Gasteiger partial charge in [0.25, 0.3) is 29.2 Å². The molecule has 2 aromatic heterocycles. The number of piperidine rings is 3. The summed E-state index contributed by atoms with van der Waals surface area (Å²) >= 11 is 1.11. The first kappa shape index (κ1) is 46.4. The molecule has 356 valence electrons. The van der Waals surface area contributed by atoms with Gasteiger partial charge in [-0.3, -0.25) is 48.8 Å². The number of aromatic nitrogens is 1. The molecule has 5 amide bonds. The Hall–Kier alpha value is -5.76. The molecule has 7 heterocycles. The molecule has 4 saturated heterocycles. The Bertz CT molecular complexity index is 2670. The molecular formula is C48H56F2N8O8S. The van der Waals surface area contributed by atoms with Gasteiger partial charge in [-0.15, -0.1) is 11.3 Å². The van der Waals surface area contributed by atoms with Gasteiger partial charge in [0.05, 0.1) is 53.8 Å². The van der Waals surface area contributed by atoms with E-state index in [0.717, 1.165) is 98.1 Å². The third kappa shape index (κ3) is 9.17. The largest absolute Gasteiger partial charge is 0.496 e. The summed E-state index contributed by atoms with van der Waals surface area (Å²) in [6.45, 7) is 6.73. The Morgan fingerprint density at radius 2 is 1.54 bits per heavy atom. The Balaban J connectivity index is 0.791. The number of carbonyl (C=O) groups is 5. The van der Waals surface area contributed by atoms with Crippen LogP contribution in [-0.2, 0) is 23.2 Å². The summed E-state index contributed by atoms with van der Waals surface area (Å²) in [4.78, 5) is 87.2. The van der Waals surface area contributed by atoms with E-state index in [1.807, 2.05) is 18.2 Å². The highest BCUT2D eigenvalue weighted by atomic mass is 32.1. The number of nitrogens with zero attached hydrogens (tertiary/aromatic N) is 6. The fourth-order valence-electron chi connectivity index (χ4n) is 10.3. The standard InChI is InChI=1S/C48H56F2N8O8S/c1-53-13-12-40(48(49,50)27-53)51-44(61)39-24-33-42(67-39)34(25-54(2)45(33)62)29-21-37(65-3)35(38(22-29)66-4)26-56-15-10-28(11-16-56)9-14-55-17-19-57(20-18-55)30-5-6-31-32(23-30)47(64)58(46(31)63)36-7-8-41(59)52-43(36)60/h5-6,21-25,28,36,40H,7-20,26-27H2,1-4H3,(H,51,61)(H,52,59,60). The van der Waals surface area contributed by atoms with Crippen LogP contribution in [-0.4, -0.2) is 152 Å². The molecule has 2 atom stereocenters. The summed E-state index contributed by atoms with van der Waals surface area (Å²) in [6, 6.07) is 8.33. The lowest BCUT2D eigenvalue weighted by molar-refractivity contribution is -0.136. The average Bonchev–Trinajstić information content (AvgIpc) is 3.87. The number of alkyl halides is 2. The van der Waals surface area contributed by atoms with Gasteiger partial charge in [0, 0.05) is 74.9 Å². The molecule has 16 nitrogen and oxygen atoms in total. The highest BCUT2D eigenvalue weighted by molar-refractivity contribution is 7.21. The van der Waals surface area contributed by atoms with Crippen LogP contribution in [0.3, 0.4) is 0 Å². The molecule has 4 fully saturated rings. The van der Waals surface area contributed by atoms with Crippen molar-refractivity contribution in [1.82, 2.24) is 34.8 Å². The Kier molecular flexibility index (Phi) is 13.0. The van der Waals surface area contributed by atoms with Crippen molar-refractivity contribution in [3.05, 3.63) is 74.5 Å². The number of imide groups is 2. The van der Waals surface area contributed by atoms with E-state index in [1.54, 1.807) is 51.5 Å². The molecule has 0 bridgehead atoms. The predicted molar refractivity (Wildman–Crippen MR) is 248 cm³/mol. The molecule has 2 unspecified atom stereocenters. The number of carbonyl (C=O) groups excluding carboxylic acids is 5. The summed E-state index contributed by atoms with van der Waals surface area (Å²) in [7, 11) is 6.50. The monoisotopic (exact) mass is 942 g/mol. The van der Waals surface area contributed by atoms with Gasteiger partial charge in [0.15, 0.2) is 0 Å². The number of ether oxygens (including phenoxy) is 2. The average molecular weight is 943 g/mol. The summed E-state index contributed by atoms with van der Waals surface area (Å²) in [5.41, 5.74) is 3.46. The molecule has 2 N–H and O–H groups in total. The van der Waals surface area contributed by atoms with Gasteiger partial charge in [0.1, 0.15) is 17.5 Å². The molecule has 0 aliphatic carbocycles. The Morgan fingerprint density at radius 3 is 2.21 bits per heavy atom. The van der Waals surface area contributed by atoms with E-state index in [1.165, 1.54) is 10.6 Å². The third-order valence-corrected chi connectivity index (χ3v) is 15.4. The minimum Gasteiger partial charge on any atom is -0.496 e. The number of thiophene rings is 1. The van der Waals surface area contributed by atoms with Gasteiger partial charge in [0.2, 0.25) is 11.8 Å². The lowest BCUT2D eigenvalue weighted by Crippen LogP contribution is -2.57. The lowest BCUT2D eigenvalue weighted by atomic mass is 9.92. The van der Waals surface area contributed by atoms with Gasteiger partial charge in [-0.25, -0.2) is 8.78 Å². The minimum absolute atomic E-state index is 0.0771. The molecule has 9 rings (SSSR count). The number of hydrogen-bond acceptors (Lipinski definition) is 13. The maximum atomic E-state index is 14.8. The molecule has 67 heavy (non-hydrogen) atoms. The maximum Gasteiger partial charge on any atom is 0.280 e. The molecule has 4 aromatic rings. The van der Waals surface area contributed by atoms with E-state index in [4.69, 9.17) is 9.47 Å². The Morgan fingerprint density at radius 1 is 0.836 bits per heavy atom. The normalized spacial score (nSPS) is 22.1. The zero-order valence-electron chi connectivity index (χ0n) is 38.2.